The molecule has 0 N–H and O–H groups in total. The van der Waals surface area contributed by atoms with Crippen LogP contribution >= 0.6 is 0 Å². The zero-order valence-electron chi connectivity index (χ0n) is 8.33. The highest BCUT2D eigenvalue weighted by Gasteiger charge is 2.44. The van der Waals surface area contributed by atoms with Gasteiger partial charge in [0.15, 0.2) is 0 Å². The van der Waals surface area contributed by atoms with Crippen LogP contribution in [0.3, 0.4) is 0 Å². The van der Waals surface area contributed by atoms with E-state index in [1.807, 2.05) is 0 Å². The summed E-state index contributed by atoms with van der Waals surface area (Å²) < 4.78 is 14.3. The summed E-state index contributed by atoms with van der Waals surface area (Å²) in [6.45, 7) is 3.37. The summed E-state index contributed by atoms with van der Waals surface area (Å²) >= 11 is 0. The van der Waals surface area contributed by atoms with E-state index in [0.717, 1.165) is 0 Å². The van der Waals surface area contributed by atoms with Crippen LogP contribution in [0.4, 0.5) is 0 Å². The van der Waals surface area contributed by atoms with E-state index < -0.39 is 17.5 Å². The van der Waals surface area contributed by atoms with Gasteiger partial charge in [-0.2, -0.15) is 0 Å². The molecular weight excluding hydrogens is 188 g/mol. The number of esters is 2. The minimum absolute atomic E-state index is 0.0283. The molecule has 0 amide bonds. The third kappa shape index (κ3) is 1.71. The van der Waals surface area contributed by atoms with Crippen LogP contribution in [0.25, 0.3) is 0 Å². The van der Waals surface area contributed by atoms with Crippen LogP contribution in [0.15, 0.2) is 11.8 Å². The molecule has 1 heterocycles. The average molecular weight is 200 g/mol. The maximum Gasteiger partial charge on any atom is 0.374 e. The molecule has 0 aromatic rings. The first kappa shape index (κ1) is 10.6. The maximum absolute atomic E-state index is 11.4. The van der Waals surface area contributed by atoms with E-state index in [1.165, 1.54) is 20.1 Å². The number of carbonyl (C=O) groups is 2. The minimum atomic E-state index is -1.35. The molecule has 14 heavy (non-hydrogen) atoms. The van der Waals surface area contributed by atoms with E-state index in [4.69, 9.17) is 14.2 Å². The van der Waals surface area contributed by atoms with Crippen LogP contribution in [-0.2, 0) is 23.8 Å². The lowest BCUT2D eigenvalue weighted by Crippen LogP contribution is -2.36. The van der Waals surface area contributed by atoms with Crippen LogP contribution in [0.5, 0.6) is 0 Å². The number of ether oxygens (including phenoxy) is 3. The van der Waals surface area contributed by atoms with Crippen molar-refractivity contribution in [2.24, 2.45) is 0 Å². The first-order chi connectivity index (χ1) is 6.53. The van der Waals surface area contributed by atoms with E-state index in [1.54, 1.807) is 6.92 Å². The predicted octanol–water partition coefficient (Wildman–Crippen LogP) is 0.395. The standard InChI is InChI=1S/C9H12O5/c1-4-13-8(11)9(2)5-6(12-3)7(10)14-9/h5H,4H2,1-3H3. The lowest BCUT2D eigenvalue weighted by Gasteiger charge is -2.17. The number of rotatable bonds is 3. The summed E-state index contributed by atoms with van der Waals surface area (Å²) in [5, 5.41) is 0. The molecule has 1 unspecified atom stereocenters. The molecule has 0 radical (unpaired) electrons. The molecule has 0 aromatic carbocycles. The summed E-state index contributed by atoms with van der Waals surface area (Å²) in [6, 6.07) is 0. The molecule has 0 fully saturated rings. The maximum atomic E-state index is 11.4. The Kier molecular flexibility index (Phi) is 2.78. The van der Waals surface area contributed by atoms with Crippen molar-refractivity contribution in [2.45, 2.75) is 19.4 Å². The fourth-order valence-electron chi connectivity index (χ4n) is 1.10. The van der Waals surface area contributed by atoms with Crippen LogP contribution in [0.1, 0.15) is 13.8 Å². The van der Waals surface area contributed by atoms with Crippen molar-refractivity contribution < 1.29 is 23.8 Å². The molecule has 1 aliphatic rings. The molecule has 5 nitrogen and oxygen atoms in total. The van der Waals surface area contributed by atoms with Crippen molar-refractivity contribution in [1.29, 1.82) is 0 Å². The molecule has 1 aliphatic heterocycles. The van der Waals surface area contributed by atoms with Crippen LogP contribution in [0, 0.1) is 0 Å². The molecule has 5 heteroatoms. The SMILES string of the molecule is CCOC(=O)C1(C)C=C(OC)C(=O)O1. The molecule has 0 bridgehead atoms. The normalized spacial score (nSPS) is 25.4. The van der Waals surface area contributed by atoms with Crippen molar-refractivity contribution in [1.82, 2.24) is 0 Å². The number of hydrogen-bond acceptors (Lipinski definition) is 5. The largest absolute Gasteiger partial charge is 0.490 e. The molecule has 0 aromatic heterocycles. The topological polar surface area (TPSA) is 61.8 Å². The second-order valence-corrected chi connectivity index (χ2v) is 2.93. The Labute approximate surface area is 81.6 Å². The Morgan fingerprint density at radius 2 is 2.29 bits per heavy atom. The fraction of sp³-hybridized carbons (Fsp3) is 0.556. The van der Waals surface area contributed by atoms with Crippen molar-refractivity contribution in [3.8, 4) is 0 Å². The van der Waals surface area contributed by atoms with Crippen molar-refractivity contribution in [2.75, 3.05) is 13.7 Å². The van der Waals surface area contributed by atoms with Gasteiger partial charge in [0, 0.05) is 6.08 Å². The van der Waals surface area contributed by atoms with Crippen LogP contribution in [-0.4, -0.2) is 31.3 Å². The zero-order valence-corrected chi connectivity index (χ0v) is 8.33. The van der Waals surface area contributed by atoms with Gasteiger partial charge in [0.2, 0.25) is 11.4 Å². The number of cyclic esters (lactones) is 1. The summed E-state index contributed by atoms with van der Waals surface area (Å²) in [5.41, 5.74) is -1.35. The molecule has 0 spiro atoms. The van der Waals surface area contributed by atoms with Gasteiger partial charge in [0.05, 0.1) is 13.7 Å². The van der Waals surface area contributed by atoms with Gasteiger partial charge < -0.3 is 14.2 Å². The van der Waals surface area contributed by atoms with E-state index in [-0.39, 0.29) is 12.4 Å². The lowest BCUT2D eigenvalue weighted by molar-refractivity contribution is -0.170. The third-order valence-corrected chi connectivity index (χ3v) is 1.81. The quantitative estimate of drug-likeness (QED) is 0.617. The highest BCUT2D eigenvalue weighted by Crippen LogP contribution is 2.25. The van der Waals surface area contributed by atoms with Crippen molar-refractivity contribution in [3.63, 3.8) is 0 Å². The number of methoxy groups -OCH3 is 1. The van der Waals surface area contributed by atoms with Gasteiger partial charge in [0.1, 0.15) is 0 Å². The smallest absolute Gasteiger partial charge is 0.374 e. The molecule has 0 saturated heterocycles. The summed E-state index contributed by atoms with van der Waals surface area (Å²) in [7, 11) is 1.34. The highest BCUT2D eigenvalue weighted by molar-refractivity contribution is 5.96. The molecule has 0 aliphatic carbocycles. The van der Waals surface area contributed by atoms with E-state index >= 15 is 0 Å². The highest BCUT2D eigenvalue weighted by atomic mass is 16.6. The Morgan fingerprint density at radius 1 is 1.64 bits per heavy atom. The summed E-state index contributed by atoms with van der Waals surface area (Å²) in [5.74, 6) is -1.22. The predicted molar refractivity (Wildman–Crippen MR) is 46.2 cm³/mol. The van der Waals surface area contributed by atoms with Gasteiger partial charge in [-0.25, -0.2) is 9.59 Å². The molecule has 1 rings (SSSR count). The van der Waals surface area contributed by atoms with Gasteiger partial charge in [-0.15, -0.1) is 0 Å². The summed E-state index contributed by atoms with van der Waals surface area (Å²) in [4.78, 5) is 22.5. The van der Waals surface area contributed by atoms with Crippen LogP contribution < -0.4 is 0 Å². The van der Waals surface area contributed by atoms with Gasteiger partial charge in [-0.3, -0.25) is 0 Å². The van der Waals surface area contributed by atoms with Crippen LogP contribution in [0.2, 0.25) is 0 Å². The Morgan fingerprint density at radius 3 is 2.71 bits per heavy atom. The van der Waals surface area contributed by atoms with Crippen molar-refractivity contribution in [3.05, 3.63) is 11.8 Å². The van der Waals surface area contributed by atoms with Gasteiger partial charge >= 0.3 is 11.9 Å². The molecule has 0 saturated carbocycles. The van der Waals surface area contributed by atoms with Gasteiger partial charge in [-0.05, 0) is 13.8 Å². The zero-order chi connectivity index (χ0) is 10.8. The molecule has 1 atom stereocenters. The van der Waals surface area contributed by atoms with Crippen molar-refractivity contribution >= 4 is 11.9 Å². The van der Waals surface area contributed by atoms with Gasteiger partial charge in [-0.1, -0.05) is 0 Å². The minimum Gasteiger partial charge on any atom is -0.490 e. The molecular formula is C9H12O5. The monoisotopic (exact) mass is 200 g/mol. The Hall–Kier alpha value is -1.52. The molecule has 78 valence electrons. The second kappa shape index (κ2) is 3.69. The van der Waals surface area contributed by atoms with E-state index in [9.17, 15) is 9.59 Å². The second-order valence-electron chi connectivity index (χ2n) is 2.93. The van der Waals surface area contributed by atoms with E-state index in [0.29, 0.717) is 0 Å². The first-order valence-corrected chi connectivity index (χ1v) is 4.21. The fourth-order valence-corrected chi connectivity index (χ4v) is 1.10. The Balaban J connectivity index is 2.83. The number of carbonyl (C=O) groups excluding carboxylic acids is 2. The first-order valence-electron chi connectivity index (χ1n) is 4.21. The lowest BCUT2D eigenvalue weighted by atomic mass is 10.1. The average Bonchev–Trinajstić information content (AvgIpc) is 2.43. The Bertz CT molecular complexity index is 294. The number of hydrogen-bond donors (Lipinski definition) is 0. The van der Waals surface area contributed by atoms with Gasteiger partial charge in [0.25, 0.3) is 0 Å². The summed E-state index contributed by atoms with van der Waals surface area (Å²) in [6.07, 6.45) is 1.31. The van der Waals surface area contributed by atoms with E-state index in [2.05, 4.69) is 0 Å². The third-order valence-electron chi connectivity index (χ3n) is 1.81.